The Kier molecular flexibility index (Phi) is 10.0. The minimum absolute atomic E-state index is 0.157. The van der Waals surface area contributed by atoms with Crippen molar-refractivity contribution < 1.29 is 0 Å². The summed E-state index contributed by atoms with van der Waals surface area (Å²) in [6.07, 6.45) is 0. The van der Waals surface area contributed by atoms with Crippen LogP contribution in [0, 0.1) is 0 Å². The fraction of sp³-hybridized carbons (Fsp3) is 0.118. The predicted molar refractivity (Wildman–Crippen MR) is 291 cm³/mol. The van der Waals surface area contributed by atoms with Gasteiger partial charge in [0.15, 0.2) is 0 Å². The molecule has 2 aliphatic rings. The molecule has 1 nitrogen and oxygen atoms in total. The van der Waals surface area contributed by atoms with Crippen molar-refractivity contribution in [2.45, 2.75) is 50.9 Å². The molecule has 0 saturated heterocycles. The van der Waals surface area contributed by atoms with Gasteiger partial charge in [-0.2, -0.15) is 0 Å². The van der Waals surface area contributed by atoms with Crippen molar-refractivity contribution in [1.29, 1.82) is 0 Å². The van der Waals surface area contributed by atoms with Crippen LogP contribution < -0.4 is 4.90 Å². The van der Waals surface area contributed by atoms with Crippen molar-refractivity contribution in [3.05, 3.63) is 282 Å². The smallest absolute Gasteiger partial charge is 0.0717 e. The van der Waals surface area contributed by atoms with Crippen LogP contribution in [0.15, 0.2) is 243 Å². The van der Waals surface area contributed by atoms with Crippen LogP contribution >= 0.6 is 0 Å². The molecule has 10 aromatic carbocycles. The van der Waals surface area contributed by atoms with Gasteiger partial charge in [0.25, 0.3) is 0 Å². The molecule has 2 aliphatic carbocycles. The molecule has 0 aliphatic heterocycles. The van der Waals surface area contributed by atoms with E-state index < -0.39 is 5.41 Å². The molecule has 12 rings (SSSR count). The molecule has 1 atom stereocenters. The Bertz CT molecular complexity index is 3510. The molecule has 0 amide bonds. The van der Waals surface area contributed by atoms with E-state index in [0.717, 1.165) is 17.1 Å². The first-order valence-corrected chi connectivity index (χ1v) is 24.4. The minimum atomic E-state index is -0.672. The molecule has 0 saturated carbocycles. The van der Waals surface area contributed by atoms with E-state index in [1.165, 1.54) is 94.6 Å². The Hall–Kier alpha value is -8.00. The minimum Gasteiger partial charge on any atom is -0.310 e. The fourth-order valence-corrected chi connectivity index (χ4v) is 11.8. The van der Waals surface area contributed by atoms with Gasteiger partial charge in [0, 0.05) is 22.5 Å². The molecule has 332 valence electrons. The summed E-state index contributed by atoms with van der Waals surface area (Å²) in [5, 5.41) is 0. The third-order valence-corrected chi connectivity index (χ3v) is 15.1. The summed E-state index contributed by atoms with van der Waals surface area (Å²) in [6.45, 7) is 11.9. The van der Waals surface area contributed by atoms with E-state index in [1.807, 2.05) is 0 Å². The predicted octanol–water partition coefficient (Wildman–Crippen LogP) is 18.1. The topological polar surface area (TPSA) is 3.24 Å². The third-order valence-electron chi connectivity index (χ3n) is 15.1. The number of nitrogens with zero attached hydrogens (tertiary/aromatic N) is 1. The lowest BCUT2D eigenvalue weighted by molar-refractivity contribution is 0.572. The highest BCUT2D eigenvalue weighted by Crippen LogP contribution is 2.62. The van der Waals surface area contributed by atoms with Gasteiger partial charge in [-0.3, -0.25) is 0 Å². The second-order valence-corrected chi connectivity index (χ2v) is 20.5. The van der Waals surface area contributed by atoms with Crippen molar-refractivity contribution in [3.8, 4) is 55.6 Å². The average Bonchev–Trinajstić information content (AvgIpc) is 3.82. The molecule has 1 heteroatoms. The van der Waals surface area contributed by atoms with Gasteiger partial charge in [0.05, 0.1) is 5.41 Å². The van der Waals surface area contributed by atoms with Gasteiger partial charge in [-0.1, -0.05) is 241 Å². The maximum Gasteiger partial charge on any atom is 0.0717 e. The quantitative estimate of drug-likeness (QED) is 0.147. The van der Waals surface area contributed by atoms with E-state index in [4.69, 9.17) is 0 Å². The van der Waals surface area contributed by atoms with Crippen molar-refractivity contribution in [3.63, 3.8) is 0 Å². The lowest BCUT2D eigenvalue weighted by Crippen LogP contribution is -2.32. The highest BCUT2D eigenvalue weighted by atomic mass is 15.1. The zero-order valence-electron chi connectivity index (χ0n) is 40.0. The molecule has 1 unspecified atom stereocenters. The van der Waals surface area contributed by atoms with Gasteiger partial charge in [0.2, 0.25) is 0 Å². The Morgan fingerprint density at radius 2 is 0.768 bits per heavy atom. The number of rotatable bonds is 8. The van der Waals surface area contributed by atoms with Crippen LogP contribution in [0.4, 0.5) is 17.1 Å². The van der Waals surface area contributed by atoms with Crippen LogP contribution in [0.3, 0.4) is 0 Å². The van der Waals surface area contributed by atoms with E-state index in [2.05, 4.69) is 282 Å². The van der Waals surface area contributed by atoms with Gasteiger partial charge in [-0.25, -0.2) is 0 Å². The van der Waals surface area contributed by atoms with Gasteiger partial charge in [-0.05, 0) is 136 Å². The number of hydrogen-bond acceptors (Lipinski definition) is 1. The van der Waals surface area contributed by atoms with Crippen LogP contribution in [0.2, 0.25) is 0 Å². The molecule has 69 heavy (non-hydrogen) atoms. The summed E-state index contributed by atoms with van der Waals surface area (Å²) in [4.78, 5) is 2.49. The summed E-state index contributed by atoms with van der Waals surface area (Å²) in [7, 11) is 0. The molecule has 0 radical (unpaired) electrons. The maximum absolute atomic E-state index is 2.53. The first-order chi connectivity index (χ1) is 33.6. The number of hydrogen-bond donors (Lipinski definition) is 0. The second kappa shape index (κ2) is 16.4. The number of fused-ring (bicyclic) bond motifs is 6. The molecular formula is C68H55N. The molecule has 10 aromatic rings. The second-order valence-electron chi connectivity index (χ2n) is 20.5. The van der Waals surface area contributed by atoms with E-state index in [1.54, 1.807) is 0 Å². The molecule has 0 heterocycles. The maximum atomic E-state index is 2.53. The number of benzene rings is 10. The van der Waals surface area contributed by atoms with Crippen LogP contribution in [0.1, 0.15) is 73.6 Å². The summed E-state index contributed by atoms with van der Waals surface area (Å²) < 4.78 is 0. The first-order valence-electron chi connectivity index (χ1n) is 24.4. The van der Waals surface area contributed by atoms with Gasteiger partial charge >= 0.3 is 0 Å². The van der Waals surface area contributed by atoms with Crippen LogP contribution in [0.5, 0.6) is 0 Å². The largest absolute Gasteiger partial charge is 0.310 e. The lowest BCUT2D eigenvalue weighted by atomic mass is 9.64. The van der Waals surface area contributed by atoms with Gasteiger partial charge in [0.1, 0.15) is 0 Å². The summed E-state index contributed by atoms with van der Waals surface area (Å²) in [5.74, 6) is 0. The molecule has 0 N–H and O–H groups in total. The zero-order chi connectivity index (χ0) is 46.9. The normalized spacial score (nSPS) is 15.2. The highest BCUT2D eigenvalue weighted by Gasteiger charge is 2.50. The van der Waals surface area contributed by atoms with Crippen LogP contribution in [0.25, 0.3) is 55.6 Å². The molecule has 0 fully saturated rings. The van der Waals surface area contributed by atoms with Crippen molar-refractivity contribution in [2.75, 3.05) is 4.90 Å². The number of anilines is 3. The molecular weight excluding hydrogens is 831 g/mol. The Balaban J connectivity index is 1.16. The lowest BCUT2D eigenvalue weighted by Gasteiger charge is -2.38. The molecule has 0 bridgehead atoms. The monoisotopic (exact) mass is 885 g/mol. The zero-order valence-corrected chi connectivity index (χ0v) is 40.0. The van der Waals surface area contributed by atoms with Gasteiger partial charge < -0.3 is 4.90 Å². The first kappa shape index (κ1) is 42.4. The van der Waals surface area contributed by atoms with Crippen molar-refractivity contribution in [1.82, 2.24) is 0 Å². The van der Waals surface area contributed by atoms with E-state index >= 15 is 0 Å². The summed E-state index contributed by atoms with van der Waals surface area (Å²) in [5.41, 5.74) is 24.1. The Morgan fingerprint density at radius 3 is 1.36 bits per heavy atom. The average molecular weight is 886 g/mol. The van der Waals surface area contributed by atoms with E-state index in [-0.39, 0.29) is 10.8 Å². The molecule has 0 spiro atoms. The standard InChI is InChI=1S/C68H55N/c1-66(2,3)61-43-42-56(50-24-14-8-15-25-50)64-59-41-39-55(45-63(59)68(65(61)64,51-26-16-9-17-27-51)52-34-30-48(31-35-52)46-20-10-6-11-21-46)69(53-36-32-49(33-37-53)47-22-12-7-13-23-47)54-38-40-58-57-28-18-19-29-60(57)67(4,5)62(58)44-54/h6-45H,1-5H3. The van der Waals surface area contributed by atoms with Crippen molar-refractivity contribution in [2.24, 2.45) is 0 Å². The SMILES string of the molecule is CC(C)(C)c1ccc(-c2ccccc2)c2c1C(c1ccccc1)(c1ccc(-c3ccccc3)cc1)c1cc(N(c3ccc(-c4ccccc4)cc3)c3ccc4c(c3)C(C)(C)c3ccccc3-4)ccc1-2. The fourth-order valence-electron chi connectivity index (χ4n) is 11.8. The summed E-state index contributed by atoms with van der Waals surface area (Å²) >= 11 is 0. The summed E-state index contributed by atoms with van der Waals surface area (Å²) in [6, 6.07) is 90.6. The van der Waals surface area contributed by atoms with E-state index in [9.17, 15) is 0 Å². The van der Waals surface area contributed by atoms with Crippen molar-refractivity contribution >= 4 is 17.1 Å². The van der Waals surface area contributed by atoms with E-state index in [0.29, 0.717) is 0 Å². The van der Waals surface area contributed by atoms with Crippen LogP contribution in [-0.4, -0.2) is 0 Å². The highest BCUT2D eigenvalue weighted by molar-refractivity contribution is 5.98. The van der Waals surface area contributed by atoms with Crippen LogP contribution in [-0.2, 0) is 16.2 Å². The Morgan fingerprint density at radius 1 is 0.333 bits per heavy atom. The van der Waals surface area contributed by atoms with Gasteiger partial charge in [-0.15, -0.1) is 0 Å². The third kappa shape index (κ3) is 6.82. The molecule has 0 aromatic heterocycles. The Labute approximate surface area is 408 Å².